The fraction of sp³-hybridized carbons (Fsp3) is 0.429. The van der Waals surface area contributed by atoms with Gasteiger partial charge in [0, 0.05) is 9.79 Å². The molecular formula is C21H26OS. The topological polar surface area (TPSA) is 20.2 Å². The number of hydrogen-bond donors (Lipinski definition) is 1. The van der Waals surface area contributed by atoms with Crippen LogP contribution < -0.4 is 0 Å². The van der Waals surface area contributed by atoms with Gasteiger partial charge in [-0.1, -0.05) is 51.6 Å². The predicted molar refractivity (Wildman–Crippen MR) is 98.7 cm³/mol. The number of aromatic hydroxyl groups is 1. The molecule has 23 heavy (non-hydrogen) atoms. The van der Waals surface area contributed by atoms with Gasteiger partial charge in [-0.3, -0.25) is 0 Å². The van der Waals surface area contributed by atoms with E-state index in [1.165, 1.54) is 34.4 Å². The largest absolute Gasteiger partial charge is 0.508 e. The Morgan fingerprint density at radius 3 is 2.13 bits per heavy atom. The highest BCUT2D eigenvalue weighted by Crippen LogP contribution is 2.48. The van der Waals surface area contributed by atoms with Gasteiger partial charge in [0.05, 0.1) is 0 Å². The van der Waals surface area contributed by atoms with Gasteiger partial charge in [-0.25, -0.2) is 0 Å². The second-order valence-electron chi connectivity index (χ2n) is 8.03. The molecule has 0 saturated heterocycles. The first kappa shape index (κ1) is 16.4. The number of phenols is 1. The van der Waals surface area contributed by atoms with Gasteiger partial charge in [0.2, 0.25) is 0 Å². The lowest BCUT2D eigenvalue weighted by Gasteiger charge is -2.42. The maximum atomic E-state index is 9.69. The molecular weight excluding hydrogens is 300 g/mol. The highest BCUT2D eigenvalue weighted by molar-refractivity contribution is 7.99. The second kappa shape index (κ2) is 5.59. The summed E-state index contributed by atoms with van der Waals surface area (Å²) < 4.78 is 0. The summed E-state index contributed by atoms with van der Waals surface area (Å²) in [5, 5.41) is 9.69. The minimum Gasteiger partial charge on any atom is -0.508 e. The van der Waals surface area contributed by atoms with Gasteiger partial charge in [0.15, 0.2) is 0 Å². The van der Waals surface area contributed by atoms with E-state index in [0.717, 1.165) is 4.90 Å². The quantitative estimate of drug-likeness (QED) is 0.709. The Bertz CT molecular complexity index is 744. The summed E-state index contributed by atoms with van der Waals surface area (Å²) in [5.74, 6) is 0.326. The van der Waals surface area contributed by atoms with Gasteiger partial charge in [-0.2, -0.15) is 0 Å². The first-order valence-corrected chi connectivity index (χ1v) is 9.13. The lowest BCUT2D eigenvalue weighted by molar-refractivity contribution is 0.331. The zero-order valence-electron chi connectivity index (χ0n) is 14.7. The van der Waals surface area contributed by atoms with E-state index in [-0.39, 0.29) is 10.8 Å². The molecule has 0 bridgehead atoms. The molecule has 1 nitrogen and oxygen atoms in total. The molecule has 1 aliphatic rings. The van der Waals surface area contributed by atoms with Crippen LogP contribution >= 0.6 is 11.8 Å². The number of aryl methyl sites for hydroxylation is 1. The Labute approximate surface area is 144 Å². The average Bonchev–Trinajstić information content (AvgIpc) is 2.46. The van der Waals surface area contributed by atoms with Gasteiger partial charge in [0.1, 0.15) is 5.75 Å². The molecule has 0 aliphatic heterocycles. The zero-order valence-corrected chi connectivity index (χ0v) is 15.6. The summed E-state index contributed by atoms with van der Waals surface area (Å²) >= 11 is 1.74. The molecule has 0 fully saturated rings. The predicted octanol–water partition coefficient (Wildman–Crippen LogP) is 6.20. The number of benzene rings is 2. The fourth-order valence-electron chi connectivity index (χ4n) is 3.49. The minimum absolute atomic E-state index is 0.229. The van der Waals surface area contributed by atoms with E-state index in [1.807, 2.05) is 12.1 Å². The number of hydrogen-bond acceptors (Lipinski definition) is 2. The van der Waals surface area contributed by atoms with Gasteiger partial charge in [-0.05, 0) is 71.6 Å². The minimum atomic E-state index is 0.229. The van der Waals surface area contributed by atoms with Crippen molar-refractivity contribution in [1.29, 1.82) is 0 Å². The molecule has 0 radical (unpaired) electrons. The van der Waals surface area contributed by atoms with Gasteiger partial charge >= 0.3 is 0 Å². The van der Waals surface area contributed by atoms with Crippen LogP contribution in [0.3, 0.4) is 0 Å². The van der Waals surface area contributed by atoms with Gasteiger partial charge in [-0.15, -0.1) is 0 Å². The van der Waals surface area contributed by atoms with Crippen LogP contribution in [0.25, 0.3) is 0 Å². The highest BCUT2D eigenvalue weighted by Gasteiger charge is 2.37. The van der Waals surface area contributed by atoms with Crippen LogP contribution in [0.4, 0.5) is 0 Å². The van der Waals surface area contributed by atoms with Gasteiger partial charge in [0.25, 0.3) is 0 Å². The maximum Gasteiger partial charge on any atom is 0.116 e. The summed E-state index contributed by atoms with van der Waals surface area (Å²) in [6, 6.07) is 12.3. The van der Waals surface area contributed by atoms with E-state index in [1.54, 1.807) is 17.8 Å². The summed E-state index contributed by atoms with van der Waals surface area (Å²) in [6.07, 6.45) is 2.47. The van der Waals surface area contributed by atoms with Crippen LogP contribution in [-0.4, -0.2) is 5.11 Å². The standard InChI is InChI=1S/C21H26OS/c1-14-11-17-18(21(4,5)10-9-20(17,2)3)13-19(14)23-16-8-6-7-15(22)12-16/h6-8,11-13,22H,9-10H2,1-5H3. The highest BCUT2D eigenvalue weighted by atomic mass is 32.2. The summed E-state index contributed by atoms with van der Waals surface area (Å²) in [5.41, 5.74) is 4.80. The fourth-order valence-corrected chi connectivity index (χ4v) is 4.46. The van der Waals surface area contributed by atoms with E-state index in [4.69, 9.17) is 0 Å². The van der Waals surface area contributed by atoms with Crippen LogP contribution in [-0.2, 0) is 10.8 Å². The Morgan fingerprint density at radius 1 is 0.913 bits per heavy atom. The van der Waals surface area contributed by atoms with Crippen molar-refractivity contribution in [3.8, 4) is 5.75 Å². The molecule has 1 aliphatic carbocycles. The van der Waals surface area contributed by atoms with Crippen molar-refractivity contribution in [1.82, 2.24) is 0 Å². The smallest absolute Gasteiger partial charge is 0.116 e. The summed E-state index contributed by atoms with van der Waals surface area (Å²) in [7, 11) is 0. The molecule has 0 atom stereocenters. The van der Waals surface area contributed by atoms with Crippen molar-refractivity contribution < 1.29 is 5.11 Å². The molecule has 0 aromatic heterocycles. The van der Waals surface area contributed by atoms with E-state index in [0.29, 0.717) is 5.75 Å². The molecule has 122 valence electrons. The molecule has 3 rings (SSSR count). The van der Waals surface area contributed by atoms with Crippen LogP contribution in [0, 0.1) is 6.92 Å². The van der Waals surface area contributed by atoms with Gasteiger partial charge < -0.3 is 5.11 Å². The number of phenolic OH excluding ortho intramolecular Hbond substituents is 1. The third-order valence-electron chi connectivity index (χ3n) is 5.19. The molecule has 1 N–H and O–H groups in total. The third-order valence-corrected chi connectivity index (χ3v) is 6.34. The lowest BCUT2D eigenvalue weighted by Crippen LogP contribution is -2.34. The molecule has 2 aromatic carbocycles. The number of rotatable bonds is 2. The zero-order chi connectivity index (χ0) is 16.8. The number of fused-ring (bicyclic) bond motifs is 1. The molecule has 2 heteroatoms. The van der Waals surface area contributed by atoms with E-state index in [2.05, 4.69) is 52.8 Å². The SMILES string of the molecule is Cc1cc2c(cc1Sc1cccc(O)c1)C(C)(C)CCC2(C)C. The van der Waals surface area contributed by atoms with Crippen molar-refractivity contribution >= 4 is 11.8 Å². The van der Waals surface area contributed by atoms with E-state index >= 15 is 0 Å². The molecule has 0 saturated carbocycles. The Hall–Kier alpha value is -1.41. The third kappa shape index (κ3) is 3.14. The van der Waals surface area contributed by atoms with Crippen molar-refractivity contribution in [2.45, 2.75) is 68.1 Å². The monoisotopic (exact) mass is 326 g/mol. The molecule has 0 spiro atoms. The van der Waals surface area contributed by atoms with Crippen molar-refractivity contribution in [2.24, 2.45) is 0 Å². The maximum absolute atomic E-state index is 9.69. The average molecular weight is 327 g/mol. The first-order valence-electron chi connectivity index (χ1n) is 8.32. The molecule has 0 amide bonds. The van der Waals surface area contributed by atoms with Crippen LogP contribution in [0.5, 0.6) is 5.75 Å². The normalized spacial score (nSPS) is 18.5. The summed E-state index contributed by atoms with van der Waals surface area (Å²) in [6.45, 7) is 11.6. The molecule has 0 unspecified atom stereocenters. The summed E-state index contributed by atoms with van der Waals surface area (Å²) in [4.78, 5) is 2.38. The van der Waals surface area contributed by atoms with E-state index in [9.17, 15) is 5.11 Å². The van der Waals surface area contributed by atoms with Crippen molar-refractivity contribution in [3.05, 3.63) is 53.1 Å². The Kier molecular flexibility index (Phi) is 4.00. The van der Waals surface area contributed by atoms with E-state index < -0.39 is 0 Å². The lowest BCUT2D eigenvalue weighted by atomic mass is 9.63. The first-order chi connectivity index (χ1) is 10.7. The van der Waals surface area contributed by atoms with Crippen LogP contribution in [0.1, 0.15) is 57.2 Å². The van der Waals surface area contributed by atoms with Crippen LogP contribution in [0.15, 0.2) is 46.2 Å². The van der Waals surface area contributed by atoms with Crippen molar-refractivity contribution in [3.63, 3.8) is 0 Å². The molecule has 0 heterocycles. The second-order valence-corrected chi connectivity index (χ2v) is 9.15. The van der Waals surface area contributed by atoms with Crippen LogP contribution in [0.2, 0.25) is 0 Å². The van der Waals surface area contributed by atoms with Crippen molar-refractivity contribution in [2.75, 3.05) is 0 Å². The Balaban J connectivity index is 2.07. The molecule has 2 aromatic rings. The Morgan fingerprint density at radius 2 is 1.52 bits per heavy atom.